The Morgan fingerprint density at radius 2 is 1.93 bits per heavy atom. The monoisotopic (exact) mass is 414 g/mol. The summed E-state index contributed by atoms with van der Waals surface area (Å²) in [5.41, 5.74) is 1.85. The van der Waals surface area contributed by atoms with Crippen LogP contribution in [0, 0.1) is 0 Å². The SMILES string of the molecule is CCCCc1ncc(C=CC(=O)OCc2ccccc2)n1C(OCC)[Si](C)(C)C. The van der Waals surface area contributed by atoms with Gasteiger partial charge in [0.25, 0.3) is 0 Å². The first kappa shape index (κ1) is 23.1. The number of carbonyl (C=O) groups is 1. The minimum Gasteiger partial charge on any atom is -0.458 e. The first-order chi connectivity index (χ1) is 13.9. The summed E-state index contributed by atoms with van der Waals surface area (Å²) in [5.74, 6) is 0.629. The molecule has 5 nitrogen and oxygen atoms in total. The van der Waals surface area contributed by atoms with Gasteiger partial charge in [-0.25, -0.2) is 9.78 Å². The smallest absolute Gasteiger partial charge is 0.331 e. The normalized spacial score (nSPS) is 13.0. The number of esters is 1. The van der Waals surface area contributed by atoms with Gasteiger partial charge in [-0.3, -0.25) is 0 Å². The third-order valence-corrected chi connectivity index (χ3v) is 6.48. The number of carbonyl (C=O) groups excluding carboxylic acids is 1. The van der Waals surface area contributed by atoms with Crippen LogP contribution in [-0.2, 0) is 27.3 Å². The molecule has 0 aliphatic carbocycles. The predicted octanol–water partition coefficient (Wildman–Crippen LogP) is 5.39. The van der Waals surface area contributed by atoms with Crippen LogP contribution >= 0.6 is 0 Å². The Hall–Kier alpha value is -2.18. The fourth-order valence-electron chi connectivity index (χ4n) is 3.13. The van der Waals surface area contributed by atoms with E-state index in [2.05, 4.69) is 36.1 Å². The van der Waals surface area contributed by atoms with Crippen LogP contribution in [0.25, 0.3) is 6.08 Å². The van der Waals surface area contributed by atoms with Crippen LogP contribution in [-0.4, -0.2) is 30.2 Å². The molecule has 1 unspecified atom stereocenters. The Balaban J connectivity index is 2.21. The number of ether oxygens (including phenoxy) is 2. The number of benzene rings is 1. The van der Waals surface area contributed by atoms with Crippen molar-refractivity contribution in [3.8, 4) is 0 Å². The van der Waals surface area contributed by atoms with E-state index >= 15 is 0 Å². The van der Waals surface area contributed by atoms with Crippen molar-refractivity contribution in [2.75, 3.05) is 6.61 Å². The molecule has 0 N–H and O–H groups in total. The fourth-order valence-corrected chi connectivity index (χ4v) is 4.87. The maximum atomic E-state index is 12.2. The molecule has 0 spiro atoms. The molecule has 0 bridgehead atoms. The molecule has 6 heteroatoms. The van der Waals surface area contributed by atoms with E-state index in [0.717, 1.165) is 36.3 Å². The van der Waals surface area contributed by atoms with Crippen LogP contribution < -0.4 is 0 Å². The van der Waals surface area contributed by atoms with Gasteiger partial charge in [0.2, 0.25) is 0 Å². The first-order valence-corrected chi connectivity index (χ1v) is 14.0. The van der Waals surface area contributed by atoms with Gasteiger partial charge in [0.15, 0.2) is 0 Å². The van der Waals surface area contributed by atoms with E-state index in [9.17, 15) is 4.79 Å². The van der Waals surface area contributed by atoms with Gasteiger partial charge in [0, 0.05) is 19.1 Å². The van der Waals surface area contributed by atoms with Crippen molar-refractivity contribution in [1.82, 2.24) is 9.55 Å². The molecule has 29 heavy (non-hydrogen) atoms. The number of hydrogen-bond acceptors (Lipinski definition) is 4. The Bertz CT molecular complexity index is 794. The highest BCUT2D eigenvalue weighted by Crippen LogP contribution is 2.27. The van der Waals surface area contributed by atoms with Gasteiger partial charge >= 0.3 is 5.97 Å². The van der Waals surface area contributed by atoms with Gasteiger partial charge < -0.3 is 14.0 Å². The van der Waals surface area contributed by atoms with E-state index in [1.165, 1.54) is 6.08 Å². The summed E-state index contributed by atoms with van der Waals surface area (Å²) in [6, 6.07) is 9.68. The van der Waals surface area contributed by atoms with Crippen molar-refractivity contribution >= 4 is 20.1 Å². The summed E-state index contributed by atoms with van der Waals surface area (Å²) in [7, 11) is -1.68. The van der Waals surface area contributed by atoms with Gasteiger partial charge in [-0.1, -0.05) is 63.3 Å². The van der Waals surface area contributed by atoms with Crippen molar-refractivity contribution in [1.29, 1.82) is 0 Å². The molecular formula is C23H34N2O3Si. The molecule has 0 amide bonds. The molecule has 2 aromatic rings. The lowest BCUT2D eigenvalue weighted by molar-refractivity contribution is -0.138. The molecule has 1 aromatic carbocycles. The highest BCUT2D eigenvalue weighted by atomic mass is 28.3. The number of aryl methyl sites for hydroxylation is 1. The van der Waals surface area contributed by atoms with E-state index in [1.807, 2.05) is 43.5 Å². The number of nitrogens with zero attached hydrogens (tertiary/aromatic N) is 2. The predicted molar refractivity (Wildman–Crippen MR) is 120 cm³/mol. The summed E-state index contributed by atoms with van der Waals surface area (Å²) in [5, 5.41) is 0. The van der Waals surface area contributed by atoms with Gasteiger partial charge in [-0.05, 0) is 25.0 Å². The van der Waals surface area contributed by atoms with Crippen molar-refractivity contribution < 1.29 is 14.3 Å². The largest absolute Gasteiger partial charge is 0.458 e. The highest BCUT2D eigenvalue weighted by molar-refractivity contribution is 6.76. The van der Waals surface area contributed by atoms with Crippen LogP contribution in [0.5, 0.6) is 0 Å². The van der Waals surface area contributed by atoms with Gasteiger partial charge in [-0.15, -0.1) is 0 Å². The summed E-state index contributed by atoms with van der Waals surface area (Å²) < 4.78 is 13.7. The standard InChI is InChI=1S/C23H34N2O3Si/c1-6-8-14-21-24-17-20(25(21)23(27-7-2)29(3,4)5)15-16-22(26)28-18-19-12-10-9-11-13-19/h9-13,15-17,23H,6-8,14,18H2,1-5H3. The topological polar surface area (TPSA) is 53.3 Å². The second-order valence-electron chi connectivity index (χ2n) is 8.17. The zero-order valence-corrected chi connectivity index (χ0v) is 19.4. The zero-order valence-electron chi connectivity index (χ0n) is 18.4. The molecule has 0 aliphatic rings. The average Bonchev–Trinajstić information content (AvgIpc) is 3.09. The summed E-state index contributed by atoms with van der Waals surface area (Å²) in [6.07, 6.45) is 8.18. The summed E-state index contributed by atoms with van der Waals surface area (Å²) in [4.78, 5) is 16.9. The van der Waals surface area contributed by atoms with Crippen LogP contribution in [0.2, 0.25) is 19.6 Å². The second-order valence-corrected chi connectivity index (χ2v) is 13.4. The first-order valence-electron chi connectivity index (χ1n) is 10.4. The van der Waals surface area contributed by atoms with E-state index < -0.39 is 8.07 Å². The molecule has 0 radical (unpaired) electrons. The maximum Gasteiger partial charge on any atom is 0.331 e. The Kier molecular flexibility index (Phi) is 8.86. The number of aromatic nitrogens is 2. The van der Waals surface area contributed by atoms with Crippen LogP contribution in [0.1, 0.15) is 49.6 Å². The van der Waals surface area contributed by atoms with Crippen LogP contribution in [0.15, 0.2) is 42.6 Å². The molecule has 2 rings (SSSR count). The van der Waals surface area contributed by atoms with E-state index in [-0.39, 0.29) is 18.4 Å². The summed E-state index contributed by atoms with van der Waals surface area (Å²) in [6.45, 7) is 12.0. The van der Waals surface area contributed by atoms with Gasteiger partial charge in [-0.2, -0.15) is 0 Å². The lowest BCUT2D eigenvalue weighted by Gasteiger charge is -2.32. The third kappa shape index (κ3) is 6.98. The quantitative estimate of drug-likeness (QED) is 0.281. The highest BCUT2D eigenvalue weighted by Gasteiger charge is 2.31. The number of unbranched alkanes of at least 4 members (excludes halogenated alkanes) is 1. The van der Waals surface area contributed by atoms with Gasteiger partial charge in [0.05, 0.1) is 11.9 Å². The van der Waals surface area contributed by atoms with Crippen LogP contribution in [0.3, 0.4) is 0 Å². The molecule has 0 saturated carbocycles. The molecule has 0 fully saturated rings. The summed E-state index contributed by atoms with van der Waals surface area (Å²) >= 11 is 0. The zero-order chi connectivity index (χ0) is 21.3. The minimum absolute atomic E-state index is 0.0261. The molecule has 1 aromatic heterocycles. The van der Waals surface area contributed by atoms with Crippen molar-refractivity contribution in [2.24, 2.45) is 0 Å². The van der Waals surface area contributed by atoms with Gasteiger partial charge in [0.1, 0.15) is 26.4 Å². The molecule has 0 saturated heterocycles. The Morgan fingerprint density at radius 3 is 2.55 bits per heavy atom. The lowest BCUT2D eigenvalue weighted by atomic mass is 10.2. The Morgan fingerprint density at radius 1 is 1.21 bits per heavy atom. The average molecular weight is 415 g/mol. The Labute approximate surface area is 175 Å². The lowest BCUT2D eigenvalue weighted by Crippen LogP contribution is -2.38. The van der Waals surface area contributed by atoms with Crippen molar-refractivity contribution in [3.63, 3.8) is 0 Å². The molecule has 0 aliphatic heterocycles. The molecule has 158 valence electrons. The third-order valence-electron chi connectivity index (χ3n) is 4.57. The fraction of sp³-hybridized carbons (Fsp3) is 0.478. The van der Waals surface area contributed by atoms with E-state index in [1.54, 1.807) is 6.08 Å². The maximum absolute atomic E-state index is 12.2. The minimum atomic E-state index is -1.68. The van der Waals surface area contributed by atoms with E-state index in [0.29, 0.717) is 6.61 Å². The van der Waals surface area contributed by atoms with Crippen molar-refractivity contribution in [2.45, 2.75) is 65.2 Å². The number of hydrogen-bond donors (Lipinski definition) is 0. The molecule has 1 heterocycles. The second kappa shape index (κ2) is 11.1. The van der Waals surface area contributed by atoms with Crippen molar-refractivity contribution in [3.05, 3.63) is 59.7 Å². The number of rotatable bonds is 11. The number of imidazole rings is 1. The van der Waals surface area contributed by atoms with E-state index in [4.69, 9.17) is 9.47 Å². The molecule has 1 atom stereocenters. The molecular weight excluding hydrogens is 380 g/mol. The van der Waals surface area contributed by atoms with Crippen LogP contribution in [0.4, 0.5) is 0 Å².